The second-order valence-corrected chi connectivity index (χ2v) is 4.91. The maximum Gasteiger partial charge on any atom is 0.0114 e. The average Bonchev–Trinajstić information content (AvgIpc) is 2.30. The Labute approximate surface area is 88.1 Å². The van der Waals surface area contributed by atoms with Crippen molar-refractivity contribution in [2.75, 3.05) is 25.4 Å². The summed E-state index contributed by atoms with van der Waals surface area (Å²) >= 11 is -1.88. The molecule has 0 spiro atoms. The predicted molar refractivity (Wildman–Crippen MR) is 56.7 cm³/mol. The van der Waals surface area contributed by atoms with Gasteiger partial charge in [-0.25, -0.2) is 0 Å². The number of rotatable bonds is 4. The van der Waals surface area contributed by atoms with Crippen molar-refractivity contribution in [1.29, 1.82) is 0 Å². The Morgan fingerprint density at radius 2 is 2.21 bits per heavy atom. The van der Waals surface area contributed by atoms with Gasteiger partial charge in [-0.2, -0.15) is 0 Å². The Morgan fingerprint density at radius 3 is 2.93 bits per heavy atom. The van der Waals surface area contributed by atoms with E-state index in [0.717, 1.165) is 45.3 Å². The van der Waals surface area contributed by atoms with Gasteiger partial charge < -0.3 is 15.2 Å². The summed E-state index contributed by atoms with van der Waals surface area (Å²) < 4.78 is 20.6. The summed E-state index contributed by atoms with van der Waals surface area (Å²) in [5.41, 5.74) is 5.85. The van der Waals surface area contributed by atoms with E-state index in [9.17, 15) is 8.76 Å². The Kier molecular flexibility index (Phi) is 5.62. The highest BCUT2D eigenvalue weighted by Crippen LogP contribution is 2.09. The average molecular weight is 219 g/mol. The topological polar surface area (TPSA) is 69.4 Å². The zero-order valence-electron chi connectivity index (χ0n) is 8.48. The first-order valence-electron chi connectivity index (χ1n) is 5.22. The molecule has 0 aromatic heterocycles. The third kappa shape index (κ3) is 5.05. The van der Waals surface area contributed by atoms with Crippen LogP contribution in [-0.2, 0) is 11.1 Å². The van der Waals surface area contributed by atoms with E-state index in [1.54, 1.807) is 0 Å². The van der Waals surface area contributed by atoms with E-state index in [1.807, 2.05) is 0 Å². The number of nitrogens with zero attached hydrogens (tertiary/aromatic N) is 1. The van der Waals surface area contributed by atoms with Gasteiger partial charge >= 0.3 is 0 Å². The molecular weight excluding hydrogens is 200 g/mol. The van der Waals surface area contributed by atoms with Crippen LogP contribution < -0.4 is 5.73 Å². The summed E-state index contributed by atoms with van der Waals surface area (Å²) in [6.45, 7) is 2.98. The zero-order chi connectivity index (χ0) is 10.4. The molecule has 5 heteroatoms. The molecule has 4 nitrogen and oxygen atoms in total. The van der Waals surface area contributed by atoms with Gasteiger partial charge in [0.2, 0.25) is 0 Å². The van der Waals surface area contributed by atoms with E-state index in [4.69, 9.17) is 5.73 Å². The molecule has 2 atom stereocenters. The van der Waals surface area contributed by atoms with Crippen LogP contribution in [0.5, 0.6) is 0 Å². The minimum Gasteiger partial charge on any atom is -0.772 e. The maximum atomic E-state index is 10.3. The summed E-state index contributed by atoms with van der Waals surface area (Å²) in [6, 6.07) is 0.341. The number of likely N-dealkylation sites (tertiary alicyclic amines) is 1. The van der Waals surface area contributed by atoms with Crippen LogP contribution in [0.2, 0.25) is 0 Å². The highest BCUT2D eigenvalue weighted by Gasteiger charge is 2.12. The molecule has 2 unspecified atom stereocenters. The third-order valence-corrected chi connectivity index (χ3v) is 3.27. The first-order valence-corrected chi connectivity index (χ1v) is 6.46. The molecular formula is C9H19N2O2S-. The van der Waals surface area contributed by atoms with Crippen LogP contribution in [0.1, 0.15) is 25.7 Å². The maximum absolute atomic E-state index is 10.3. The highest BCUT2D eigenvalue weighted by atomic mass is 32.2. The van der Waals surface area contributed by atoms with Crippen molar-refractivity contribution in [3.05, 3.63) is 0 Å². The first kappa shape index (κ1) is 12.1. The van der Waals surface area contributed by atoms with Gasteiger partial charge in [-0.1, -0.05) is 11.1 Å². The van der Waals surface area contributed by atoms with E-state index >= 15 is 0 Å². The molecule has 14 heavy (non-hydrogen) atoms. The van der Waals surface area contributed by atoms with Crippen LogP contribution in [0.3, 0.4) is 0 Å². The van der Waals surface area contributed by atoms with Gasteiger partial charge in [0.1, 0.15) is 0 Å². The smallest absolute Gasteiger partial charge is 0.0114 e. The van der Waals surface area contributed by atoms with E-state index < -0.39 is 11.1 Å². The van der Waals surface area contributed by atoms with E-state index in [2.05, 4.69) is 4.90 Å². The number of hydrogen-bond donors (Lipinski definition) is 1. The zero-order valence-corrected chi connectivity index (χ0v) is 9.30. The molecule has 0 bridgehead atoms. The molecule has 0 aromatic rings. The molecule has 0 radical (unpaired) electrons. The molecule has 1 aliphatic heterocycles. The van der Waals surface area contributed by atoms with Crippen molar-refractivity contribution in [2.24, 2.45) is 5.73 Å². The molecule has 1 fully saturated rings. The van der Waals surface area contributed by atoms with Crippen molar-refractivity contribution >= 4 is 11.1 Å². The largest absolute Gasteiger partial charge is 0.772 e. The molecule has 1 aliphatic rings. The first-order chi connectivity index (χ1) is 6.68. The van der Waals surface area contributed by atoms with E-state index in [1.165, 1.54) is 0 Å². The summed E-state index contributed by atoms with van der Waals surface area (Å²) in [6.07, 6.45) is 4.03. The molecule has 0 saturated carbocycles. The molecule has 1 rings (SSSR count). The quantitative estimate of drug-likeness (QED) is 0.679. The fourth-order valence-corrected chi connectivity index (χ4v) is 2.18. The molecule has 84 valence electrons. The van der Waals surface area contributed by atoms with E-state index in [0.29, 0.717) is 6.04 Å². The van der Waals surface area contributed by atoms with Crippen molar-refractivity contribution < 1.29 is 8.76 Å². The number of hydrogen-bond acceptors (Lipinski definition) is 4. The molecule has 0 amide bonds. The van der Waals surface area contributed by atoms with Gasteiger partial charge in [0.15, 0.2) is 0 Å². The fraction of sp³-hybridized carbons (Fsp3) is 1.00. The van der Waals surface area contributed by atoms with E-state index in [-0.39, 0.29) is 5.75 Å². The van der Waals surface area contributed by atoms with Gasteiger partial charge in [-0.3, -0.25) is 4.21 Å². The van der Waals surface area contributed by atoms with Gasteiger partial charge in [0.05, 0.1) is 0 Å². The number of nitrogens with two attached hydrogens (primary N) is 1. The van der Waals surface area contributed by atoms with Crippen LogP contribution in [0.4, 0.5) is 0 Å². The Morgan fingerprint density at radius 1 is 1.43 bits per heavy atom. The lowest BCUT2D eigenvalue weighted by Gasteiger charge is -2.19. The second-order valence-electron chi connectivity index (χ2n) is 3.89. The van der Waals surface area contributed by atoms with Crippen molar-refractivity contribution in [2.45, 2.75) is 31.7 Å². The SMILES string of the molecule is NC1CCCN(CCCS(=O)[O-])CC1. The van der Waals surface area contributed by atoms with Crippen LogP contribution in [0.25, 0.3) is 0 Å². The Bertz CT molecular complexity index is 190. The van der Waals surface area contributed by atoms with Gasteiger partial charge in [0.25, 0.3) is 0 Å². The molecule has 0 aliphatic carbocycles. The van der Waals surface area contributed by atoms with Crippen LogP contribution >= 0.6 is 0 Å². The molecule has 1 heterocycles. The molecule has 2 N–H and O–H groups in total. The van der Waals surface area contributed by atoms with Crippen molar-refractivity contribution in [1.82, 2.24) is 4.90 Å². The predicted octanol–water partition coefficient (Wildman–Crippen LogP) is 0.0688. The van der Waals surface area contributed by atoms with Crippen LogP contribution in [0, 0.1) is 0 Å². The fourth-order valence-electron chi connectivity index (χ4n) is 1.81. The minimum atomic E-state index is -1.88. The standard InChI is InChI=1S/C9H20N2O2S/c10-9-3-1-5-11(7-4-9)6-2-8-14(12)13/h9H,1-8,10H2,(H,12,13)/p-1. The Hall–Kier alpha value is 0.0300. The van der Waals surface area contributed by atoms with Crippen molar-refractivity contribution in [3.63, 3.8) is 0 Å². The highest BCUT2D eigenvalue weighted by molar-refractivity contribution is 7.79. The summed E-state index contributed by atoms with van der Waals surface area (Å²) in [7, 11) is 0. The van der Waals surface area contributed by atoms with Crippen LogP contribution in [0.15, 0.2) is 0 Å². The van der Waals surface area contributed by atoms with Crippen molar-refractivity contribution in [3.8, 4) is 0 Å². The molecule has 1 saturated heterocycles. The van der Waals surface area contributed by atoms with Gasteiger partial charge in [-0.15, -0.1) is 0 Å². The lowest BCUT2D eigenvalue weighted by atomic mass is 10.1. The lowest BCUT2D eigenvalue weighted by Crippen LogP contribution is -2.28. The van der Waals surface area contributed by atoms with Gasteiger partial charge in [-0.05, 0) is 45.3 Å². The monoisotopic (exact) mass is 219 g/mol. The third-order valence-electron chi connectivity index (χ3n) is 2.65. The molecule has 0 aromatic carbocycles. The normalized spacial score (nSPS) is 27.1. The minimum absolute atomic E-state index is 0.280. The second kappa shape index (κ2) is 6.50. The summed E-state index contributed by atoms with van der Waals surface area (Å²) in [4.78, 5) is 2.32. The van der Waals surface area contributed by atoms with Crippen LogP contribution in [-0.4, -0.2) is 45.1 Å². The lowest BCUT2D eigenvalue weighted by molar-refractivity contribution is 0.284. The summed E-state index contributed by atoms with van der Waals surface area (Å²) in [5, 5.41) is 0. The Balaban J connectivity index is 2.14. The summed E-state index contributed by atoms with van der Waals surface area (Å²) in [5.74, 6) is 0.280. The van der Waals surface area contributed by atoms with Gasteiger partial charge in [0, 0.05) is 11.8 Å².